The predicted octanol–water partition coefficient (Wildman–Crippen LogP) is 3.56. The quantitative estimate of drug-likeness (QED) is 0.585. The van der Waals surface area contributed by atoms with Crippen LogP contribution in [0.25, 0.3) is 19.6 Å². The van der Waals surface area contributed by atoms with Crippen molar-refractivity contribution in [1.82, 2.24) is 0 Å². The summed E-state index contributed by atoms with van der Waals surface area (Å²) in [5.41, 5.74) is 1.37. The molecule has 1 heteroatoms. The van der Waals surface area contributed by atoms with Crippen LogP contribution in [0.3, 0.4) is 0 Å². The summed E-state index contributed by atoms with van der Waals surface area (Å²) in [5, 5.41) is 1.40. The van der Waals surface area contributed by atoms with E-state index in [2.05, 4.69) is 60.7 Å². The van der Waals surface area contributed by atoms with Gasteiger partial charge in [-0.25, -0.2) is 0 Å². The summed E-state index contributed by atoms with van der Waals surface area (Å²) >= 11 is 0.484. The van der Waals surface area contributed by atoms with E-state index in [1.54, 1.807) is 0 Å². The Morgan fingerprint density at radius 2 is 1.47 bits per heavy atom. The molecule has 0 aliphatic heterocycles. The first kappa shape index (κ1) is 8.96. The van der Waals surface area contributed by atoms with Crippen LogP contribution in [-0.2, 0) is 0 Å². The molecule has 0 radical (unpaired) electrons. The third-order valence-electron chi connectivity index (χ3n) is 2.48. The molecule has 0 N–H and O–H groups in total. The molecule has 1 heterocycles. The molecule has 0 amide bonds. The molecular formula is C14H10Se. The van der Waals surface area contributed by atoms with Gasteiger partial charge in [-0.3, -0.25) is 0 Å². The monoisotopic (exact) mass is 258 g/mol. The van der Waals surface area contributed by atoms with E-state index in [4.69, 9.17) is 0 Å². The third-order valence-corrected chi connectivity index (χ3v) is 4.93. The molecule has 3 rings (SSSR count). The molecule has 0 nitrogen and oxygen atoms in total. The summed E-state index contributed by atoms with van der Waals surface area (Å²) in [6, 6.07) is 21.7. The van der Waals surface area contributed by atoms with Gasteiger partial charge in [-0.2, -0.15) is 0 Å². The first-order chi connectivity index (χ1) is 7.43. The average molecular weight is 257 g/mol. The van der Waals surface area contributed by atoms with Crippen molar-refractivity contribution in [1.29, 1.82) is 0 Å². The summed E-state index contributed by atoms with van der Waals surface area (Å²) in [6.45, 7) is 0. The zero-order valence-electron chi connectivity index (χ0n) is 8.18. The van der Waals surface area contributed by atoms with Crippen LogP contribution < -0.4 is 0 Å². The minimum absolute atomic E-state index is 0.484. The molecule has 0 atom stereocenters. The Kier molecular flexibility index (Phi) is 2.21. The maximum absolute atomic E-state index is 2.32. The van der Waals surface area contributed by atoms with Gasteiger partial charge < -0.3 is 0 Å². The molecule has 0 saturated carbocycles. The van der Waals surface area contributed by atoms with Crippen LogP contribution in [0.5, 0.6) is 0 Å². The summed E-state index contributed by atoms with van der Waals surface area (Å²) in [5.74, 6) is 0. The predicted molar refractivity (Wildman–Crippen MR) is 66.3 cm³/mol. The second-order valence-corrected chi connectivity index (χ2v) is 5.79. The number of hydrogen-bond donors (Lipinski definition) is 0. The van der Waals surface area contributed by atoms with E-state index >= 15 is 0 Å². The molecule has 0 aliphatic rings. The molecule has 3 aromatic rings. The van der Waals surface area contributed by atoms with Crippen LogP contribution in [0, 0.1) is 0 Å². The number of hydrogen-bond acceptors (Lipinski definition) is 0. The standard InChI is InChI=1S/C14H10Se/c1-2-6-11(7-3-1)14-10-12-8-4-5-9-13(12)15-14/h1-10H. The van der Waals surface area contributed by atoms with Gasteiger partial charge in [-0.1, -0.05) is 0 Å². The van der Waals surface area contributed by atoms with E-state index in [0.29, 0.717) is 14.5 Å². The minimum atomic E-state index is 0.484. The first-order valence-electron chi connectivity index (χ1n) is 4.97. The van der Waals surface area contributed by atoms with Crippen molar-refractivity contribution in [2.45, 2.75) is 0 Å². The van der Waals surface area contributed by atoms with Gasteiger partial charge >= 0.3 is 94.8 Å². The summed E-state index contributed by atoms with van der Waals surface area (Å²) in [7, 11) is 0. The van der Waals surface area contributed by atoms with Crippen LogP contribution in [0.4, 0.5) is 0 Å². The van der Waals surface area contributed by atoms with Gasteiger partial charge in [0.1, 0.15) is 0 Å². The van der Waals surface area contributed by atoms with Crippen molar-refractivity contribution < 1.29 is 0 Å². The summed E-state index contributed by atoms with van der Waals surface area (Å²) in [6.07, 6.45) is 0. The molecule has 0 fully saturated rings. The fraction of sp³-hybridized carbons (Fsp3) is 0. The van der Waals surface area contributed by atoms with Crippen molar-refractivity contribution in [3.05, 3.63) is 60.7 Å². The average Bonchev–Trinajstić information content (AvgIpc) is 2.74. The Labute approximate surface area is 94.9 Å². The van der Waals surface area contributed by atoms with E-state index in [9.17, 15) is 0 Å². The van der Waals surface area contributed by atoms with Gasteiger partial charge in [0, 0.05) is 0 Å². The van der Waals surface area contributed by atoms with Crippen molar-refractivity contribution in [3.63, 3.8) is 0 Å². The number of benzene rings is 2. The fourth-order valence-corrected chi connectivity index (χ4v) is 3.97. The molecule has 0 bridgehead atoms. The molecule has 0 spiro atoms. The van der Waals surface area contributed by atoms with Gasteiger partial charge in [-0.05, 0) is 0 Å². The van der Waals surface area contributed by atoms with Crippen molar-refractivity contribution in [3.8, 4) is 10.0 Å². The molecule has 15 heavy (non-hydrogen) atoms. The molecular weight excluding hydrogens is 247 g/mol. The summed E-state index contributed by atoms with van der Waals surface area (Å²) < 4.78 is 2.99. The third kappa shape index (κ3) is 1.65. The Balaban J connectivity index is 2.21. The molecule has 0 aliphatic carbocycles. The van der Waals surface area contributed by atoms with Gasteiger partial charge in [0.05, 0.1) is 0 Å². The Morgan fingerprint density at radius 3 is 2.27 bits per heavy atom. The van der Waals surface area contributed by atoms with Crippen molar-refractivity contribution in [2.75, 3.05) is 0 Å². The van der Waals surface area contributed by atoms with Gasteiger partial charge in [0.25, 0.3) is 0 Å². The molecule has 0 unspecified atom stereocenters. The Morgan fingerprint density at radius 1 is 0.733 bits per heavy atom. The fourth-order valence-electron chi connectivity index (χ4n) is 1.73. The second-order valence-electron chi connectivity index (χ2n) is 3.51. The maximum atomic E-state index is 2.32. The van der Waals surface area contributed by atoms with Gasteiger partial charge in [-0.15, -0.1) is 0 Å². The Bertz CT molecular complexity index is 545. The molecule has 72 valence electrons. The van der Waals surface area contributed by atoms with Gasteiger partial charge in [0.2, 0.25) is 0 Å². The van der Waals surface area contributed by atoms with E-state index in [-0.39, 0.29) is 0 Å². The Hall–Kier alpha value is -1.30. The van der Waals surface area contributed by atoms with Crippen LogP contribution in [0.15, 0.2) is 60.7 Å². The molecule has 0 saturated heterocycles. The SMILES string of the molecule is c1ccc(-c2cc3ccccc3[se]2)cc1. The zero-order chi connectivity index (χ0) is 10.1. The van der Waals surface area contributed by atoms with Gasteiger partial charge in [0.15, 0.2) is 0 Å². The topological polar surface area (TPSA) is 0 Å². The van der Waals surface area contributed by atoms with Crippen LogP contribution in [0.1, 0.15) is 0 Å². The number of rotatable bonds is 1. The van der Waals surface area contributed by atoms with E-state index in [0.717, 1.165) is 0 Å². The van der Waals surface area contributed by atoms with Crippen LogP contribution in [-0.4, -0.2) is 14.5 Å². The van der Waals surface area contributed by atoms with Crippen molar-refractivity contribution in [2.24, 2.45) is 0 Å². The normalized spacial score (nSPS) is 10.7. The van der Waals surface area contributed by atoms with Crippen molar-refractivity contribution >= 4 is 24.1 Å². The zero-order valence-corrected chi connectivity index (χ0v) is 9.89. The second kappa shape index (κ2) is 3.69. The van der Waals surface area contributed by atoms with Crippen LogP contribution in [0.2, 0.25) is 0 Å². The summed E-state index contributed by atoms with van der Waals surface area (Å²) in [4.78, 5) is 0. The van der Waals surface area contributed by atoms with E-state index in [1.807, 2.05) is 0 Å². The van der Waals surface area contributed by atoms with E-state index in [1.165, 1.54) is 19.6 Å². The molecule has 2 aromatic carbocycles. The molecule has 1 aromatic heterocycles. The van der Waals surface area contributed by atoms with Crippen LogP contribution >= 0.6 is 0 Å². The first-order valence-corrected chi connectivity index (χ1v) is 6.69. The van der Waals surface area contributed by atoms with E-state index < -0.39 is 0 Å². The number of fused-ring (bicyclic) bond motifs is 1.